The van der Waals surface area contributed by atoms with Gasteiger partial charge in [0, 0.05) is 0 Å². The molecule has 1 unspecified atom stereocenters. The second kappa shape index (κ2) is 4.68. The molecule has 0 saturated heterocycles. The van der Waals surface area contributed by atoms with E-state index in [1.54, 1.807) is 0 Å². The molecule has 5 N–H and O–H groups in total. The van der Waals surface area contributed by atoms with Crippen LogP contribution in [0.4, 0.5) is 0 Å². The van der Waals surface area contributed by atoms with Crippen molar-refractivity contribution in [2.24, 2.45) is 5.73 Å². The van der Waals surface area contributed by atoms with Crippen molar-refractivity contribution in [3.8, 4) is 0 Å². The number of nitrogens with one attached hydrogen (secondary N) is 1. The van der Waals surface area contributed by atoms with Crippen LogP contribution < -0.4 is 11.1 Å². The molecule has 6 heteroatoms. The van der Waals surface area contributed by atoms with Crippen molar-refractivity contribution in [2.45, 2.75) is 19.0 Å². The van der Waals surface area contributed by atoms with Gasteiger partial charge in [0.05, 0.1) is 12.6 Å². The van der Waals surface area contributed by atoms with E-state index in [1.165, 1.54) is 6.92 Å². The summed E-state index contributed by atoms with van der Waals surface area (Å²) in [4.78, 5) is 21.1. The van der Waals surface area contributed by atoms with Gasteiger partial charge in [0.25, 0.3) is 0 Å². The summed E-state index contributed by atoms with van der Waals surface area (Å²) in [7, 11) is 0. The molecule has 0 aromatic rings. The molecule has 0 spiro atoms. The first-order chi connectivity index (χ1) is 5.49. The van der Waals surface area contributed by atoms with Crippen molar-refractivity contribution >= 4 is 11.9 Å². The van der Waals surface area contributed by atoms with Crippen LogP contribution in [-0.2, 0) is 9.59 Å². The van der Waals surface area contributed by atoms with Crippen LogP contribution in [0.3, 0.4) is 0 Å². The van der Waals surface area contributed by atoms with E-state index >= 15 is 0 Å². The van der Waals surface area contributed by atoms with Crippen LogP contribution in [0.1, 0.15) is 6.92 Å². The van der Waals surface area contributed by atoms with Crippen LogP contribution in [0.5, 0.6) is 0 Å². The lowest BCUT2D eigenvalue weighted by atomic mass is 10.2. The molecule has 0 heterocycles. The van der Waals surface area contributed by atoms with Gasteiger partial charge in [0.1, 0.15) is 6.04 Å². The SMILES string of the molecule is C[C@H](N)C(=O)NC(CO)C(=O)O. The maximum atomic E-state index is 10.8. The molecule has 0 aromatic carbocycles. The van der Waals surface area contributed by atoms with Gasteiger partial charge in [-0.25, -0.2) is 4.79 Å². The lowest BCUT2D eigenvalue weighted by Gasteiger charge is -2.12. The number of aliphatic carboxylic acids is 1. The summed E-state index contributed by atoms with van der Waals surface area (Å²) >= 11 is 0. The molecule has 0 bridgehead atoms. The van der Waals surface area contributed by atoms with Crippen molar-refractivity contribution < 1.29 is 19.8 Å². The summed E-state index contributed by atoms with van der Waals surface area (Å²) in [5.41, 5.74) is 5.15. The Labute approximate surface area is 69.4 Å². The standard InChI is InChI=1S/C6H12N2O4/c1-3(7)5(10)8-4(2-9)6(11)12/h3-4,9H,2,7H2,1H3,(H,8,10)(H,11,12)/t3-,4?/m0/s1. The molecule has 0 aliphatic rings. The van der Waals surface area contributed by atoms with Gasteiger partial charge in [-0.05, 0) is 6.92 Å². The number of amides is 1. The van der Waals surface area contributed by atoms with Crippen LogP contribution >= 0.6 is 0 Å². The Bertz CT molecular complexity index is 180. The Morgan fingerprint density at radius 3 is 2.33 bits per heavy atom. The van der Waals surface area contributed by atoms with Crippen LogP contribution in [0.15, 0.2) is 0 Å². The van der Waals surface area contributed by atoms with E-state index in [0.717, 1.165) is 0 Å². The maximum Gasteiger partial charge on any atom is 0.328 e. The molecule has 12 heavy (non-hydrogen) atoms. The summed E-state index contributed by atoms with van der Waals surface area (Å²) in [6, 6.07) is -2.05. The first kappa shape index (κ1) is 10.9. The fourth-order valence-corrected chi connectivity index (χ4v) is 0.489. The molecule has 0 rings (SSSR count). The molecule has 0 aromatic heterocycles. The predicted octanol–water partition coefficient (Wildman–Crippen LogP) is -2.10. The monoisotopic (exact) mass is 176 g/mol. The van der Waals surface area contributed by atoms with Gasteiger partial charge >= 0.3 is 5.97 Å². The zero-order chi connectivity index (χ0) is 9.72. The summed E-state index contributed by atoms with van der Waals surface area (Å²) < 4.78 is 0. The van der Waals surface area contributed by atoms with Gasteiger partial charge in [-0.1, -0.05) is 0 Å². The number of carboxylic acids is 1. The van der Waals surface area contributed by atoms with E-state index in [2.05, 4.69) is 5.32 Å². The largest absolute Gasteiger partial charge is 0.480 e. The lowest BCUT2D eigenvalue weighted by molar-refractivity contribution is -0.143. The summed E-state index contributed by atoms with van der Waals surface area (Å²) in [6.07, 6.45) is 0. The molecule has 0 aliphatic carbocycles. The second-order valence-corrected chi connectivity index (χ2v) is 2.37. The van der Waals surface area contributed by atoms with E-state index in [1.807, 2.05) is 0 Å². The number of hydrogen-bond donors (Lipinski definition) is 4. The highest BCUT2D eigenvalue weighted by Gasteiger charge is 2.19. The van der Waals surface area contributed by atoms with E-state index < -0.39 is 30.6 Å². The van der Waals surface area contributed by atoms with Gasteiger partial charge in [0.2, 0.25) is 5.91 Å². The molecular weight excluding hydrogens is 164 g/mol. The van der Waals surface area contributed by atoms with Crippen molar-refractivity contribution in [1.29, 1.82) is 0 Å². The summed E-state index contributed by atoms with van der Waals surface area (Å²) in [6.45, 7) is 0.777. The van der Waals surface area contributed by atoms with Crippen LogP contribution in [0.25, 0.3) is 0 Å². The first-order valence-electron chi connectivity index (χ1n) is 3.38. The molecule has 0 radical (unpaired) electrons. The Morgan fingerprint density at radius 2 is 2.08 bits per heavy atom. The third-order valence-corrected chi connectivity index (χ3v) is 1.21. The first-order valence-corrected chi connectivity index (χ1v) is 3.38. The Balaban J connectivity index is 4.03. The van der Waals surface area contributed by atoms with Gasteiger partial charge < -0.3 is 21.3 Å². The minimum Gasteiger partial charge on any atom is -0.480 e. The molecular formula is C6H12N2O4. The fourth-order valence-electron chi connectivity index (χ4n) is 0.489. The molecule has 0 aliphatic heterocycles. The third-order valence-electron chi connectivity index (χ3n) is 1.21. The number of aliphatic hydroxyl groups is 1. The Morgan fingerprint density at radius 1 is 1.58 bits per heavy atom. The van der Waals surface area contributed by atoms with E-state index in [-0.39, 0.29) is 0 Å². The number of carboxylic acid groups (broad SMARTS) is 1. The molecule has 0 saturated carbocycles. The quantitative estimate of drug-likeness (QED) is 0.392. The van der Waals surface area contributed by atoms with Crippen LogP contribution in [-0.4, -0.2) is 40.8 Å². The van der Waals surface area contributed by atoms with Gasteiger partial charge in [-0.3, -0.25) is 4.79 Å². The minimum absolute atomic E-state index is 0.601. The van der Waals surface area contributed by atoms with Gasteiger partial charge in [0.15, 0.2) is 0 Å². The number of aliphatic hydroxyl groups excluding tert-OH is 1. The van der Waals surface area contributed by atoms with E-state index in [0.29, 0.717) is 0 Å². The highest BCUT2D eigenvalue weighted by atomic mass is 16.4. The highest BCUT2D eigenvalue weighted by Crippen LogP contribution is 1.84. The molecule has 0 fully saturated rings. The minimum atomic E-state index is -1.29. The smallest absolute Gasteiger partial charge is 0.328 e. The van der Waals surface area contributed by atoms with Gasteiger partial charge in [-0.2, -0.15) is 0 Å². The second-order valence-electron chi connectivity index (χ2n) is 2.37. The zero-order valence-corrected chi connectivity index (χ0v) is 6.65. The Kier molecular flexibility index (Phi) is 4.24. The van der Waals surface area contributed by atoms with Crippen LogP contribution in [0.2, 0.25) is 0 Å². The average molecular weight is 176 g/mol. The van der Waals surface area contributed by atoms with E-state index in [9.17, 15) is 9.59 Å². The number of rotatable bonds is 4. The number of carbonyl (C=O) groups excluding carboxylic acids is 1. The molecule has 2 atom stereocenters. The number of hydrogen-bond acceptors (Lipinski definition) is 4. The summed E-state index contributed by atoms with van der Waals surface area (Å²) in [5.74, 6) is -1.89. The van der Waals surface area contributed by atoms with E-state index in [4.69, 9.17) is 15.9 Å². The molecule has 70 valence electrons. The summed E-state index contributed by atoms with van der Waals surface area (Å²) in [5, 5.41) is 18.9. The van der Waals surface area contributed by atoms with Gasteiger partial charge in [-0.15, -0.1) is 0 Å². The topological polar surface area (TPSA) is 113 Å². The predicted molar refractivity (Wildman–Crippen MR) is 40.3 cm³/mol. The zero-order valence-electron chi connectivity index (χ0n) is 6.65. The van der Waals surface area contributed by atoms with Crippen molar-refractivity contribution in [3.63, 3.8) is 0 Å². The third kappa shape index (κ3) is 3.31. The van der Waals surface area contributed by atoms with Crippen molar-refractivity contribution in [3.05, 3.63) is 0 Å². The van der Waals surface area contributed by atoms with Crippen molar-refractivity contribution in [2.75, 3.05) is 6.61 Å². The van der Waals surface area contributed by atoms with Crippen molar-refractivity contribution in [1.82, 2.24) is 5.32 Å². The fraction of sp³-hybridized carbons (Fsp3) is 0.667. The molecule has 1 amide bonds. The number of carbonyl (C=O) groups is 2. The van der Waals surface area contributed by atoms with Crippen LogP contribution in [0, 0.1) is 0 Å². The maximum absolute atomic E-state index is 10.8. The highest BCUT2D eigenvalue weighted by molar-refractivity contribution is 5.86. The number of nitrogens with two attached hydrogens (primary N) is 1. The lowest BCUT2D eigenvalue weighted by Crippen LogP contribution is -2.48. The average Bonchev–Trinajstić information content (AvgIpc) is 1.98. The molecule has 6 nitrogen and oxygen atoms in total. The Hall–Kier alpha value is -1.14. The normalized spacial score (nSPS) is 14.9.